The van der Waals surface area contributed by atoms with E-state index in [1.807, 2.05) is 0 Å². The largest absolute Gasteiger partial charge is 0.496 e. The molecule has 2 unspecified atom stereocenters. The van der Waals surface area contributed by atoms with Crippen LogP contribution in [0.5, 0.6) is 5.75 Å². The van der Waals surface area contributed by atoms with E-state index in [1.165, 1.54) is 49.9 Å². The van der Waals surface area contributed by atoms with Crippen molar-refractivity contribution in [3.8, 4) is 5.75 Å². The van der Waals surface area contributed by atoms with Gasteiger partial charge in [-0.05, 0) is 52.1 Å². The topological polar surface area (TPSA) is 24.5 Å². The number of methoxy groups -OCH3 is 1. The standard InChI is InChI=1S/C18H28N2O/c1-13-6-9-18(21-3)17(11-13)14(2)20(16-7-8-16)12-15-5-4-10-19-15/h6,9,11,14-16,19H,4-5,7-8,10,12H2,1-3H3. The molecule has 1 heterocycles. The summed E-state index contributed by atoms with van der Waals surface area (Å²) in [5.74, 6) is 1.03. The molecule has 1 saturated heterocycles. The summed E-state index contributed by atoms with van der Waals surface area (Å²) in [4.78, 5) is 2.69. The molecule has 0 radical (unpaired) electrons. The minimum Gasteiger partial charge on any atom is -0.496 e. The molecule has 1 aromatic carbocycles. The first kappa shape index (κ1) is 14.9. The van der Waals surface area contributed by atoms with Gasteiger partial charge in [0.15, 0.2) is 0 Å². The number of rotatable bonds is 6. The van der Waals surface area contributed by atoms with Gasteiger partial charge in [-0.15, -0.1) is 0 Å². The lowest BCUT2D eigenvalue weighted by Crippen LogP contribution is -2.40. The third-order valence-corrected chi connectivity index (χ3v) is 4.94. The second-order valence-electron chi connectivity index (χ2n) is 6.64. The van der Waals surface area contributed by atoms with Crippen molar-refractivity contribution in [1.29, 1.82) is 0 Å². The normalized spacial score (nSPS) is 23.5. The van der Waals surface area contributed by atoms with Crippen LogP contribution < -0.4 is 10.1 Å². The van der Waals surface area contributed by atoms with Crippen LogP contribution in [0.2, 0.25) is 0 Å². The highest BCUT2D eigenvalue weighted by atomic mass is 16.5. The molecule has 2 atom stereocenters. The molecule has 1 saturated carbocycles. The highest BCUT2D eigenvalue weighted by molar-refractivity contribution is 5.39. The van der Waals surface area contributed by atoms with E-state index in [1.54, 1.807) is 7.11 Å². The number of hydrogen-bond acceptors (Lipinski definition) is 3. The lowest BCUT2D eigenvalue weighted by Gasteiger charge is -2.32. The SMILES string of the molecule is COc1ccc(C)cc1C(C)N(CC1CCCN1)C1CC1. The van der Waals surface area contributed by atoms with Crippen LogP contribution >= 0.6 is 0 Å². The van der Waals surface area contributed by atoms with Crippen LogP contribution in [-0.2, 0) is 0 Å². The molecule has 1 N–H and O–H groups in total. The van der Waals surface area contributed by atoms with E-state index in [4.69, 9.17) is 4.74 Å². The van der Waals surface area contributed by atoms with Gasteiger partial charge in [-0.2, -0.15) is 0 Å². The van der Waals surface area contributed by atoms with E-state index in [2.05, 4.69) is 42.3 Å². The maximum absolute atomic E-state index is 5.60. The summed E-state index contributed by atoms with van der Waals surface area (Å²) in [5.41, 5.74) is 2.65. The summed E-state index contributed by atoms with van der Waals surface area (Å²) in [6.07, 6.45) is 5.35. The molecule has 3 nitrogen and oxygen atoms in total. The minimum absolute atomic E-state index is 0.426. The van der Waals surface area contributed by atoms with Gasteiger partial charge >= 0.3 is 0 Å². The zero-order valence-electron chi connectivity index (χ0n) is 13.6. The van der Waals surface area contributed by atoms with E-state index in [-0.39, 0.29) is 0 Å². The van der Waals surface area contributed by atoms with Gasteiger partial charge in [0.2, 0.25) is 0 Å². The highest BCUT2D eigenvalue weighted by Crippen LogP contribution is 2.38. The van der Waals surface area contributed by atoms with Gasteiger partial charge in [0, 0.05) is 30.2 Å². The molecule has 3 rings (SSSR count). The summed E-state index contributed by atoms with van der Waals surface area (Å²) in [5, 5.41) is 3.64. The second-order valence-corrected chi connectivity index (χ2v) is 6.64. The molecule has 3 heteroatoms. The van der Waals surface area contributed by atoms with E-state index in [0.717, 1.165) is 11.8 Å². The summed E-state index contributed by atoms with van der Waals surface area (Å²) >= 11 is 0. The van der Waals surface area contributed by atoms with E-state index >= 15 is 0 Å². The number of hydrogen-bond donors (Lipinski definition) is 1. The van der Waals surface area contributed by atoms with Crippen LogP contribution in [0.4, 0.5) is 0 Å². The summed E-state index contributed by atoms with van der Waals surface area (Å²) in [7, 11) is 1.78. The van der Waals surface area contributed by atoms with Gasteiger partial charge in [-0.1, -0.05) is 17.7 Å². The fraction of sp³-hybridized carbons (Fsp3) is 0.667. The zero-order valence-corrected chi connectivity index (χ0v) is 13.6. The van der Waals surface area contributed by atoms with Crippen LogP contribution in [0.3, 0.4) is 0 Å². The van der Waals surface area contributed by atoms with E-state index in [0.29, 0.717) is 12.1 Å². The molecular weight excluding hydrogens is 260 g/mol. The van der Waals surface area contributed by atoms with Gasteiger partial charge < -0.3 is 10.1 Å². The summed E-state index contributed by atoms with van der Waals surface area (Å²) < 4.78 is 5.60. The van der Waals surface area contributed by atoms with Crippen molar-refractivity contribution in [2.75, 3.05) is 20.2 Å². The number of nitrogens with zero attached hydrogens (tertiary/aromatic N) is 1. The Morgan fingerprint density at radius 2 is 2.14 bits per heavy atom. The average Bonchev–Trinajstić information content (AvgIpc) is 3.20. The molecule has 1 aromatic rings. The number of nitrogens with one attached hydrogen (secondary N) is 1. The molecule has 1 aliphatic heterocycles. The first-order valence-electron chi connectivity index (χ1n) is 8.32. The molecule has 21 heavy (non-hydrogen) atoms. The van der Waals surface area contributed by atoms with Crippen LogP contribution in [0.1, 0.15) is 49.8 Å². The molecule has 2 fully saturated rings. The Bertz CT molecular complexity index is 478. The lowest BCUT2D eigenvalue weighted by molar-refractivity contribution is 0.179. The monoisotopic (exact) mass is 288 g/mol. The minimum atomic E-state index is 0.426. The van der Waals surface area contributed by atoms with Gasteiger partial charge in [-0.3, -0.25) is 4.90 Å². The zero-order chi connectivity index (χ0) is 14.8. The molecule has 0 amide bonds. The Labute approximate surface area is 128 Å². The van der Waals surface area contributed by atoms with Crippen LogP contribution in [0.25, 0.3) is 0 Å². The maximum atomic E-state index is 5.60. The second kappa shape index (κ2) is 6.37. The van der Waals surface area contributed by atoms with E-state index in [9.17, 15) is 0 Å². The van der Waals surface area contributed by atoms with Crippen LogP contribution in [0, 0.1) is 6.92 Å². The van der Waals surface area contributed by atoms with Crippen molar-refractivity contribution in [2.24, 2.45) is 0 Å². The fourth-order valence-electron chi connectivity index (χ4n) is 3.56. The predicted octanol–water partition coefficient (Wildman–Crippen LogP) is 3.28. The van der Waals surface area contributed by atoms with Crippen molar-refractivity contribution >= 4 is 0 Å². The summed E-state index contributed by atoms with van der Waals surface area (Å²) in [6.45, 7) is 6.86. The van der Waals surface area contributed by atoms with Crippen molar-refractivity contribution in [3.63, 3.8) is 0 Å². The molecule has 1 aliphatic carbocycles. The molecule has 116 valence electrons. The molecular formula is C18H28N2O. The molecule has 0 aromatic heterocycles. The molecule has 0 spiro atoms. The third-order valence-electron chi connectivity index (χ3n) is 4.94. The van der Waals surface area contributed by atoms with Gasteiger partial charge in [0.1, 0.15) is 5.75 Å². The Morgan fingerprint density at radius 3 is 2.76 bits per heavy atom. The highest BCUT2D eigenvalue weighted by Gasteiger charge is 2.35. The molecule has 0 bridgehead atoms. The third kappa shape index (κ3) is 3.41. The van der Waals surface area contributed by atoms with Crippen molar-refractivity contribution in [1.82, 2.24) is 10.2 Å². The van der Waals surface area contributed by atoms with Crippen molar-refractivity contribution in [2.45, 2.75) is 57.7 Å². The number of ether oxygens (including phenoxy) is 1. The van der Waals surface area contributed by atoms with Crippen LogP contribution in [0.15, 0.2) is 18.2 Å². The first-order valence-corrected chi connectivity index (χ1v) is 8.32. The summed E-state index contributed by atoms with van der Waals surface area (Å²) in [6, 6.07) is 8.40. The lowest BCUT2D eigenvalue weighted by atomic mass is 10.0. The van der Waals surface area contributed by atoms with Crippen LogP contribution in [-0.4, -0.2) is 37.2 Å². The Kier molecular flexibility index (Phi) is 4.51. The maximum Gasteiger partial charge on any atom is 0.123 e. The predicted molar refractivity (Wildman–Crippen MR) is 86.9 cm³/mol. The number of aryl methyl sites for hydroxylation is 1. The van der Waals surface area contributed by atoms with Crippen molar-refractivity contribution in [3.05, 3.63) is 29.3 Å². The molecule has 2 aliphatic rings. The first-order chi connectivity index (χ1) is 10.2. The fourth-order valence-corrected chi connectivity index (χ4v) is 3.56. The average molecular weight is 288 g/mol. The quantitative estimate of drug-likeness (QED) is 0.869. The Morgan fingerprint density at radius 1 is 1.33 bits per heavy atom. The number of benzene rings is 1. The Hall–Kier alpha value is -1.06. The Balaban J connectivity index is 1.79. The smallest absolute Gasteiger partial charge is 0.123 e. The van der Waals surface area contributed by atoms with Gasteiger partial charge in [-0.25, -0.2) is 0 Å². The van der Waals surface area contributed by atoms with Gasteiger partial charge in [0.25, 0.3) is 0 Å². The van der Waals surface area contributed by atoms with Crippen molar-refractivity contribution < 1.29 is 4.74 Å². The van der Waals surface area contributed by atoms with Gasteiger partial charge in [0.05, 0.1) is 7.11 Å². The van der Waals surface area contributed by atoms with E-state index < -0.39 is 0 Å².